The Bertz CT molecular complexity index is 1110. The molecule has 0 unspecified atom stereocenters. The average molecular weight is 407 g/mol. The minimum atomic E-state index is -0.277. The van der Waals surface area contributed by atoms with Crippen LogP contribution in [0.5, 0.6) is 0 Å². The maximum atomic E-state index is 13.4. The van der Waals surface area contributed by atoms with Crippen LogP contribution in [0, 0.1) is 5.82 Å². The van der Waals surface area contributed by atoms with E-state index in [0.29, 0.717) is 29.9 Å². The van der Waals surface area contributed by atoms with Gasteiger partial charge in [0.1, 0.15) is 5.82 Å². The van der Waals surface area contributed by atoms with Crippen molar-refractivity contribution in [1.82, 2.24) is 24.9 Å². The van der Waals surface area contributed by atoms with E-state index in [1.807, 2.05) is 22.8 Å². The van der Waals surface area contributed by atoms with Crippen molar-refractivity contribution in [2.24, 2.45) is 0 Å². The van der Waals surface area contributed by atoms with E-state index in [4.69, 9.17) is 4.52 Å². The van der Waals surface area contributed by atoms with Crippen LogP contribution in [0.3, 0.4) is 0 Å². The summed E-state index contributed by atoms with van der Waals surface area (Å²) in [5.74, 6) is 2.80. The van der Waals surface area contributed by atoms with Gasteiger partial charge in [-0.05, 0) is 42.7 Å². The fourth-order valence-corrected chi connectivity index (χ4v) is 3.85. The second-order valence-corrected chi connectivity index (χ2v) is 7.94. The Morgan fingerprint density at radius 3 is 2.59 bits per heavy atom. The number of rotatable bonds is 7. The molecule has 2 aromatic heterocycles. The Kier molecular flexibility index (Phi) is 4.85. The van der Waals surface area contributed by atoms with Crippen molar-refractivity contribution in [3.05, 3.63) is 77.7 Å². The summed E-state index contributed by atoms with van der Waals surface area (Å²) in [6.07, 6.45) is 2.25. The number of hydrogen-bond donors (Lipinski definition) is 0. The van der Waals surface area contributed by atoms with E-state index in [1.54, 1.807) is 12.1 Å². The van der Waals surface area contributed by atoms with Crippen LogP contribution in [0.1, 0.15) is 36.0 Å². The number of halogens is 1. The molecule has 1 fully saturated rings. The number of thioether (sulfide) groups is 1. The first-order valence-corrected chi connectivity index (χ1v) is 10.4. The number of benzene rings is 2. The summed E-state index contributed by atoms with van der Waals surface area (Å²) >= 11 is 1.51. The van der Waals surface area contributed by atoms with Gasteiger partial charge in [0.15, 0.2) is 16.8 Å². The summed E-state index contributed by atoms with van der Waals surface area (Å²) in [4.78, 5) is 4.48. The lowest BCUT2D eigenvalue weighted by molar-refractivity contribution is 0.375. The van der Waals surface area contributed by atoms with Gasteiger partial charge in [0.05, 0.1) is 12.3 Å². The van der Waals surface area contributed by atoms with E-state index in [2.05, 4.69) is 32.5 Å². The van der Waals surface area contributed by atoms with Crippen molar-refractivity contribution in [3.8, 4) is 11.4 Å². The van der Waals surface area contributed by atoms with Crippen LogP contribution in [-0.2, 0) is 12.3 Å². The minimum Gasteiger partial charge on any atom is -0.339 e. The highest BCUT2D eigenvalue weighted by Gasteiger charge is 2.29. The highest BCUT2D eigenvalue weighted by atomic mass is 32.2. The Labute approximate surface area is 171 Å². The molecular formula is C21H18FN5OS. The fraction of sp³-hybridized carbons (Fsp3) is 0.238. The monoisotopic (exact) mass is 407 g/mol. The number of aromatic nitrogens is 5. The maximum absolute atomic E-state index is 13.4. The zero-order valence-corrected chi connectivity index (χ0v) is 16.3. The van der Waals surface area contributed by atoms with Crippen molar-refractivity contribution in [2.45, 2.75) is 36.2 Å². The Balaban J connectivity index is 1.42. The molecule has 146 valence electrons. The summed E-state index contributed by atoms with van der Waals surface area (Å²) in [6.45, 7) is 0.614. The first-order chi connectivity index (χ1) is 14.3. The normalized spacial score (nSPS) is 13.7. The molecule has 0 saturated heterocycles. The van der Waals surface area contributed by atoms with Crippen molar-refractivity contribution >= 4 is 11.8 Å². The van der Waals surface area contributed by atoms with Crippen molar-refractivity contribution in [2.75, 3.05) is 0 Å². The van der Waals surface area contributed by atoms with Crippen LogP contribution >= 0.6 is 11.8 Å². The van der Waals surface area contributed by atoms with E-state index in [1.165, 1.54) is 23.9 Å². The molecule has 4 aromatic rings. The molecule has 6 nitrogen and oxygen atoms in total. The molecule has 0 amide bonds. The summed E-state index contributed by atoms with van der Waals surface area (Å²) in [5.41, 5.74) is 1.95. The SMILES string of the molecule is Fc1ccc(-c2nnc(SCc3noc(C4CC4)n3)n2Cc2ccccc2)cc1. The lowest BCUT2D eigenvalue weighted by atomic mass is 10.2. The van der Waals surface area contributed by atoms with Crippen LogP contribution in [-0.4, -0.2) is 24.9 Å². The summed E-state index contributed by atoms with van der Waals surface area (Å²) in [6, 6.07) is 16.4. The fourth-order valence-electron chi connectivity index (χ4n) is 3.07. The predicted octanol–water partition coefficient (Wildman–Crippen LogP) is 4.69. The molecule has 2 aromatic carbocycles. The number of nitrogens with zero attached hydrogens (tertiary/aromatic N) is 5. The highest BCUT2D eigenvalue weighted by Crippen LogP contribution is 2.39. The van der Waals surface area contributed by atoms with Crippen molar-refractivity contribution in [3.63, 3.8) is 0 Å². The highest BCUT2D eigenvalue weighted by molar-refractivity contribution is 7.98. The molecule has 2 heterocycles. The standard InChI is InChI=1S/C21H18FN5OS/c22-17-10-8-15(9-11-17)19-24-25-21(27(19)12-14-4-2-1-3-5-14)29-13-18-23-20(28-26-18)16-6-7-16/h1-5,8-11,16H,6-7,12-13H2. The van der Waals surface area contributed by atoms with Gasteiger partial charge in [-0.1, -0.05) is 47.3 Å². The van der Waals surface area contributed by atoms with Crippen LogP contribution < -0.4 is 0 Å². The van der Waals surface area contributed by atoms with Crippen molar-refractivity contribution in [1.29, 1.82) is 0 Å². The molecule has 0 atom stereocenters. The minimum absolute atomic E-state index is 0.277. The second kappa shape index (κ2) is 7.79. The number of hydrogen-bond acceptors (Lipinski definition) is 6. The third-order valence-corrected chi connectivity index (χ3v) is 5.71. The third-order valence-electron chi connectivity index (χ3n) is 4.74. The largest absolute Gasteiger partial charge is 0.339 e. The van der Waals surface area contributed by atoms with E-state index in [9.17, 15) is 4.39 Å². The lowest BCUT2D eigenvalue weighted by Crippen LogP contribution is -2.04. The van der Waals surface area contributed by atoms with Gasteiger partial charge in [-0.3, -0.25) is 4.57 Å². The van der Waals surface area contributed by atoms with E-state index < -0.39 is 0 Å². The molecule has 8 heteroatoms. The van der Waals surface area contributed by atoms with Crippen LogP contribution in [0.2, 0.25) is 0 Å². The predicted molar refractivity (Wildman–Crippen MR) is 107 cm³/mol. The third kappa shape index (κ3) is 4.07. The molecular weight excluding hydrogens is 389 g/mol. The topological polar surface area (TPSA) is 69.6 Å². The van der Waals surface area contributed by atoms with Gasteiger partial charge >= 0.3 is 0 Å². The quantitative estimate of drug-likeness (QED) is 0.414. The van der Waals surface area contributed by atoms with Gasteiger partial charge in [-0.15, -0.1) is 10.2 Å². The Hall–Kier alpha value is -3.00. The lowest BCUT2D eigenvalue weighted by Gasteiger charge is -2.10. The van der Waals surface area contributed by atoms with Crippen LogP contribution in [0.25, 0.3) is 11.4 Å². The van der Waals surface area contributed by atoms with E-state index in [-0.39, 0.29) is 5.82 Å². The molecule has 0 spiro atoms. The smallest absolute Gasteiger partial charge is 0.229 e. The molecule has 29 heavy (non-hydrogen) atoms. The van der Waals surface area contributed by atoms with E-state index >= 15 is 0 Å². The zero-order valence-electron chi connectivity index (χ0n) is 15.5. The summed E-state index contributed by atoms with van der Waals surface area (Å²) in [5, 5.41) is 13.6. The van der Waals surface area contributed by atoms with Gasteiger partial charge in [0.2, 0.25) is 5.89 Å². The summed E-state index contributed by atoms with van der Waals surface area (Å²) < 4.78 is 20.7. The average Bonchev–Trinajstić information content (AvgIpc) is 3.36. The van der Waals surface area contributed by atoms with Crippen LogP contribution in [0.15, 0.2) is 64.3 Å². The van der Waals surface area contributed by atoms with Crippen molar-refractivity contribution < 1.29 is 8.91 Å². The Morgan fingerprint density at radius 1 is 1.03 bits per heavy atom. The molecule has 1 aliphatic carbocycles. The molecule has 0 aliphatic heterocycles. The second-order valence-electron chi connectivity index (χ2n) is 7.00. The molecule has 5 rings (SSSR count). The Morgan fingerprint density at radius 2 is 1.83 bits per heavy atom. The van der Waals surface area contributed by atoms with Gasteiger partial charge in [-0.25, -0.2) is 4.39 Å². The molecule has 0 bridgehead atoms. The van der Waals surface area contributed by atoms with Gasteiger partial charge < -0.3 is 4.52 Å². The first kappa shape index (κ1) is 18.1. The van der Waals surface area contributed by atoms with Gasteiger partial charge in [-0.2, -0.15) is 4.98 Å². The zero-order chi connectivity index (χ0) is 19.6. The van der Waals surface area contributed by atoms with Gasteiger partial charge in [0.25, 0.3) is 0 Å². The molecule has 0 radical (unpaired) electrons. The molecule has 1 saturated carbocycles. The molecule has 1 aliphatic rings. The van der Waals surface area contributed by atoms with Gasteiger partial charge in [0, 0.05) is 11.5 Å². The van der Waals surface area contributed by atoms with E-state index in [0.717, 1.165) is 35.0 Å². The maximum Gasteiger partial charge on any atom is 0.229 e. The first-order valence-electron chi connectivity index (χ1n) is 9.44. The molecule has 0 N–H and O–H groups in total. The van der Waals surface area contributed by atoms with Crippen LogP contribution in [0.4, 0.5) is 4.39 Å². The summed E-state index contributed by atoms with van der Waals surface area (Å²) in [7, 11) is 0.